The molecular weight excluding hydrogens is 212 g/mol. The summed E-state index contributed by atoms with van der Waals surface area (Å²) in [6.45, 7) is 6.95. The van der Waals surface area contributed by atoms with Gasteiger partial charge in [0.2, 0.25) is 0 Å². The predicted octanol–water partition coefficient (Wildman–Crippen LogP) is 2.97. The number of benzene rings is 1. The van der Waals surface area contributed by atoms with Crippen LogP contribution in [0.15, 0.2) is 6.07 Å². The van der Waals surface area contributed by atoms with E-state index in [9.17, 15) is 0 Å². The molecule has 0 aliphatic heterocycles. The lowest BCUT2D eigenvalue weighted by molar-refractivity contribution is 0.411. The van der Waals surface area contributed by atoms with E-state index < -0.39 is 0 Å². The second kappa shape index (κ2) is 5.58. The Bertz CT molecular complexity index is 447. The Morgan fingerprint density at radius 3 is 2.47 bits per heavy atom. The number of nitriles is 1. The number of nitrogens with zero attached hydrogens (tertiary/aromatic N) is 2. The van der Waals surface area contributed by atoms with Crippen molar-refractivity contribution in [1.29, 1.82) is 5.26 Å². The van der Waals surface area contributed by atoms with Gasteiger partial charge >= 0.3 is 0 Å². The number of hydrogen-bond donors (Lipinski definition) is 0. The summed E-state index contributed by atoms with van der Waals surface area (Å²) < 4.78 is 5.51. The number of ether oxygens (including phenoxy) is 1. The molecule has 0 unspecified atom stereocenters. The Kier molecular flexibility index (Phi) is 4.39. The van der Waals surface area contributed by atoms with Gasteiger partial charge in [-0.25, -0.2) is 0 Å². The first kappa shape index (κ1) is 13.4. The number of hydrogen-bond acceptors (Lipinski definition) is 3. The normalized spacial score (nSPS) is 9.88. The van der Waals surface area contributed by atoms with Gasteiger partial charge in [-0.3, -0.25) is 0 Å². The molecule has 0 N–H and O–H groups in total. The molecule has 0 radical (unpaired) electrons. The molecule has 0 aliphatic rings. The van der Waals surface area contributed by atoms with E-state index in [0.717, 1.165) is 23.5 Å². The van der Waals surface area contributed by atoms with Gasteiger partial charge in [0.05, 0.1) is 25.3 Å². The molecule has 17 heavy (non-hydrogen) atoms. The van der Waals surface area contributed by atoms with Crippen molar-refractivity contribution in [1.82, 2.24) is 0 Å². The summed E-state index contributed by atoms with van der Waals surface area (Å²) in [5, 5.41) is 8.65. The fraction of sp³-hybridized carbons (Fsp3) is 0.500. The van der Waals surface area contributed by atoms with E-state index in [1.54, 1.807) is 7.11 Å². The average Bonchev–Trinajstić information content (AvgIpc) is 2.30. The molecule has 92 valence electrons. The summed E-state index contributed by atoms with van der Waals surface area (Å²) in [7, 11) is 3.69. The first-order chi connectivity index (χ1) is 8.02. The molecule has 0 aromatic heterocycles. The highest BCUT2D eigenvalue weighted by atomic mass is 16.5. The fourth-order valence-electron chi connectivity index (χ4n) is 2.09. The molecule has 0 aliphatic carbocycles. The second-order valence-electron chi connectivity index (χ2n) is 4.35. The molecule has 0 saturated heterocycles. The Morgan fingerprint density at radius 2 is 1.94 bits per heavy atom. The van der Waals surface area contributed by atoms with E-state index in [1.807, 2.05) is 7.05 Å². The summed E-state index contributed by atoms with van der Waals surface area (Å²) in [5.74, 6) is 0.919. The van der Waals surface area contributed by atoms with Crippen LogP contribution in [0.5, 0.6) is 5.75 Å². The van der Waals surface area contributed by atoms with Crippen LogP contribution in [-0.2, 0) is 0 Å². The van der Waals surface area contributed by atoms with Crippen molar-refractivity contribution < 1.29 is 4.74 Å². The minimum absolute atomic E-state index is 0.520. The molecule has 3 heteroatoms. The van der Waals surface area contributed by atoms with Gasteiger partial charge in [0, 0.05) is 13.6 Å². The van der Waals surface area contributed by atoms with E-state index in [4.69, 9.17) is 10.00 Å². The van der Waals surface area contributed by atoms with Crippen molar-refractivity contribution in [2.45, 2.75) is 27.2 Å². The van der Waals surface area contributed by atoms with E-state index in [0.29, 0.717) is 6.42 Å². The molecule has 0 amide bonds. The third kappa shape index (κ3) is 2.71. The van der Waals surface area contributed by atoms with Crippen LogP contribution < -0.4 is 9.64 Å². The van der Waals surface area contributed by atoms with Crippen LogP contribution in [-0.4, -0.2) is 20.7 Å². The van der Waals surface area contributed by atoms with E-state index in [2.05, 4.69) is 37.8 Å². The molecule has 1 rings (SSSR count). The Labute approximate surface area is 104 Å². The van der Waals surface area contributed by atoms with Crippen molar-refractivity contribution in [3.63, 3.8) is 0 Å². The Balaban J connectivity index is 3.22. The third-order valence-corrected chi connectivity index (χ3v) is 3.10. The molecule has 3 nitrogen and oxygen atoms in total. The van der Waals surface area contributed by atoms with Crippen molar-refractivity contribution in [2.75, 3.05) is 25.6 Å². The van der Waals surface area contributed by atoms with Crippen LogP contribution in [0, 0.1) is 32.1 Å². The lowest BCUT2D eigenvalue weighted by Gasteiger charge is -2.25. The fourth-order valence-corrected chi connectivity index (χ4v) is 2.09. The Morgan fingerprint density at radius 1 is 1.29 bits per heavy atom. The molecule has 1 aromatic carbocycles. The van der Waals surface area contributed by atoms with Gasteiger partial charge in [-0.15, -0.1) is 0 Å². The SMILES string of the molecule is COc1c(C)c(C)cc(C)c1N(C)CCC#N. The van der Waals surface area contributed by atoms with E-state index in [1.165, 1.54) is 11.1 Å². The minimum atomic E-state index is 0.520. The maximum Gasteiger partial charge on any atom is 0.145 e. The van der Waals surface area contributed by atoms with Crippen LogP contribution in [0.25, 0.3) is 0 Å². The lowest BCUT2D eigenvalue weighted by atomic mass is 10.0. The van der Waals surface area contributed by atoms with Gasteiger partial charge < -0.3 is 9.64 Å². The summed E-state index contributed by atoms with van der Waals surface area (Å²) in [5.41, 5.74) is 4.67. The minimum Gasteiger partial charge on any atom is -0.494 e. The van der Waals surface area contributed by atoms with Crippen LogP contribution in [0.2, 0.25) is 0 Å². The summed E-state index contributed by atoms with van der Waals surface area (Å²) in [4.78, 5) is 2.09. The van der Waals surface area contributed by atoms with Gasteiger partial charge in [0.25, 0.3) is 0 Å². The van der Waals surface area contributed by atoms with Crippen LogP contribution >= 0.6 is 0 Å². The van der Waals surface area contributed by atoms with Gasteiger partial charge in [-0.1, -0.05) is 6.07 Å². The first-order valence-corrected chi connectivity index (χ1v) is 5.75. The average molecular weight is 232 g/mol. The second-order valence-corrected chi connectivity index (χ2v) is 4.35. The van der Waals surface area contributed by atoms with Crippen LogP contribution in [0.1, 0.15) is 23.1 Å². The number of rotatable bonds is 4. The maximum atomic E-state index is 8.65. The maximum absolute atomic E-state index is 8.65. The highest BCUT2D eigenvalue weighted by Crippen LogP contribution is 2.36. The highest BCUT2D eigenvalue weighted by molar-refractivity contribution is 5.67. The van der Waals surface area contributed by atoms with Crippen molar-refractivity contribution in [3.05, 3.63) is 22.8 Å². The first-order valence-electron chi connectivity index (χ1n) is 5.75. The number of aryl methyl sites for hydroxylation is 2. The molecule has 0 saturated carbocycles. The van der Waals surface area contributed by atoms with Gasteiger partial charge in [-0.05, 0) is 37.5 Å². The molecule has 0 bridgehead atoms. The summed E-state index contributed by atoms with van der Waals surface area (Å²) in [6.07, 6.45) is 0.520. The molecule has 0 fully saturated rings. The predicted molar refractivity (Wildman–Crippen MR) is 70.7 cm³/mol. The van der Waals surface area contributed by atoms with Crippen molar-refractivity contribution in [2.24, 2.45) is 0 Å². The zero-order valence-corrected chi connectivity index (χ0v) is 11.3. The van der Waals surface area contributed by atoms with Crippen LogP contribution in [0.3, 0.4) is 0 Å². The molecule has 0 spiro atoms. The largest absolute Gasteiger partial charge is 0.494 e. The van der Waals surface area contributed by atoms with Crippen molar-refractivity contribution >= 4 is 5.69 Å². The standard InChI is InChI=1S/C14H20N2O/c1-10-9-11(2)13(14(17-5)12(10)3)16(4)8-6-7-15/h9H,6,8H2,1-5H3. The monoisotopic (exact) mass is 232 g/mol. The zero-order valence-electron chi connectivity index (χ0n) is 11.3. The topological polar surface area (TPSA) is 36.3 Å². The molecular formula is C14H20N2O. The van der Waals surface area contributed by atoms with Crippen molar-refractivity contribution in [3.8, 4) is 11.8 Å². The zero-order chi connectivity index (χ0) is 13.0. The highest BCUT2D eigenvalue weighted by Gasteiger charge is 2.15. The third-order valence-electron chi connectivity index (χ3n) is 3.10. The molecule has 0 heterocycles. The Hall–Kier alpha value is -1.69. The van der Waals surface area contributed by atoms with Gasteiger partial charge in [0.1, 0.15) is 5.75 Å². The lowest BCUT2D eigenvalue weighted by Crippen LogP contribution is -2.20. The smallest absolute Gasteiger partial charge is 0.145 e. The van der Waals surface area contributed by atoms with Gasteiger partial charge in [0.15, 0.2) is 0 Å². The number of methoxy groups -OCH3 is 1. The summed E-state index contributed by atoms with van der Waals surface area (Å²) in [6, 6.07) is 4.33. The quantitative estimate of drug-likeness (QED) is 0.800. The van der Waals surface area contributed by atoms with Crippen LogP contribution in [0.4, 0.5) is 5.69 Å². The molecule has 0 atom stereocenters. The van der Waals surface area contributed by atoms with E-state index >= 15 is 0 Å². The van der Waals surface area contributed by atoms with Gasteiger partial charge in [-0.2, -0.15) is 5.26 Å². The van der Waals surface area contributed by atoms with E-state index in [-0.39, 0.29) is 0 Å². The number of anilines is 1. The molecule has 1 aromatic rings. The summed E-state index contributed by atoms with van der Waals surface area (Å²) >= 11 is 0.